The maximum absolute atomic E-state index is 5.17. The van der Waals surface area contributed by atoms with Crippen molar-refractivity contribution < 1.29 is 4.74 Å². The van der Waals surface area contributed by atoms with E-state index in [9.17, 15) is 0 Å². The molecular weight excluding hydrogens is 232 g/mol. The van der Waals surface area contributed by atoms with Crippen LogP contribution in [-0.4, -0.2) is 16.9 Å². The molecule has 1 aromatic carbocycles. The lowest BCUT2D eigenvalue weighted by atomic mass is 10.2. The van der Waals surface area contributed by atoms with Crippen LogP contribution in [0.5, 0.6) is 5.75 Å². The van der Waals surface area contributed by atoms with Gasteiger partial charge in [0.2, 0.25) is 0 Å². The Bertz CT molecular complexity index is 450. The van der Waals surface area contributed by atoms with Gasteiger partial charge in [0.05, 0.1) is 17.1 Å². The minimum Gasteiger partial charge on any atom is -0.495 e. The lowest BCUT2D eigenvalue weighted by Gasteiger charge is -2.01. The van der Waals surface area contributed by atoms with Gasteiger partial charge >= 0.3 is 0 Å². The molecule has 68 valence electrons. The van der Waals surface area contributed by atoms with Crippen LogP contribution in [0, 0.1) is 0 Å². The van der Waals surface area contributed by atoms with Crippen molar-refractivity contribution in [2.45, 2.75) is 0 Å². The largest absolute Gasteiger partial charge is 0.495 e. The summed E-state index contributed by atoms with van der Waals surface area (Å²) in [4.78, 5) is 0. The van der Waals surface area contributed by atoms with Gasteiger partial charge in [0.1, 0.15) is 5.75 Å². The fraction of sp³-hybridized carbons (Fsp3) is 0.222. The van der Waals surface area contributed by atoms with E-state index in [1.165, 1.54) is 0 Å². The van der Waals surface area contributed by atoms with Crippen molar-refractivity contribution in [1.82, 2.24) is 9.78 Å². The van der Waals surface area contributed by atoms with Gasteiger partial charge in [-0.1, -0.05) is 0 Å². The standard InChI is InChI=1S/C9H9BrN2O/c1-12-5-6-3-7(10)9(13-2)4-8(6)11-12/h3-5H,1-2H3. The first-order valence-electron chi connectivity index (χ1n) is 3.87. The maximum atomic E-state index is 5.17. The second-order valence-electron chi connectivity index (χ2n) is 2.85. The fourth-order valence-electron chi connectivity index (χ4n) is 1.30. The van der Waals surface area contributed by atoms with Gasteiger partial charge in [-0.05, 0) is 22.0 Å². The molecule has 0 spiro atoms. The molecule has 4 heteroatoms. The number of aryl methyl sites for hydroxylation is 1. The minimum atomic E-state index is 0.811. The molecule has 0 aliphatic heterocycles. The highest BCUT2D eigenvalue weighted by atomic mass is 79.9. The maximum Gasteiger partial charge on any atom is 0.135 e. The SMILES string of the molecule is COc1cc2nn(C)cc2cc1Br. The van der Waals surface area contributed by atoms with Crippen LogP contribution in [0.3, 0.4) is 0 Å². The van der Waals surface area contributed by atoms with E-state index >= 15 is 0 Å². The average Bonchev–Trinajstić information content (AvgIpc) is 2.42. The summed E-state index contributed by atoms with van der Waals surface area (Å²) in [5.41, 5.74) is 0.947. The van der Waals surface area contributed by atoms with Crippen LogP contribution in [0.2, 0.25) is 0 Å². The molecule has 13 heavy (non-hydrogen) atoms. The number of nitrogens with zero attached hydrogens (tertiary/aromatic N) is 2. The highest BCUT2D eigenvalue weighted by Gasteiger charge is 2.04. The van der Waals surface area contributed by atoms with E-state index in [4.69, 9.17) is 4.74 Å². The first-order valence-corrected chi connectivity index (χ1v) is 4.67. The quantitative estimate of drug-likeness (QED) is 0.766. The molecule has 0 amide bonds. The molecule has 1 aromatic heterocycles. The molecule has 0 bridgehead atoms. The molecule has 2 rings (SSSR count). The zero-order chi connectivity index (χ0) is 9.42. The Hall–Kier alpha value is -1.03. The van der Waals surface area contributed by atoms with Gasteiger partial charge in [-0.15, -0.1) is 0 Å². The van der Waals surface area contributed by atoms with Crippen molar-refractivity contribution >= 4 is 26.8 Å². The molecule has 0 aliphatic rings. The van der Waals surface area contributed by atoms with Crippen molar-refractivity contribution in [3.63, 3.8) is 0 Å². The van der Waals surface area contributed by atoms with Gasteiger partial charge < -0.3 is 4.74 Å². The molecule has 0 radical (unpaired) electrons. The lowest BCUT2D eigenvalue weighted by Crippen LogP contribution is -1.86. The summed E-state index contributed by atoms with van der Waals surface area (Å²) < 4.78 is 7.91. The van der Waals surface area contributed by atoms with Gasteiger partial charge in [-0.3, -0.25) is 4.68 Å². The summed E-state index contributed by atoms with van der Waals surface area (Å²) in [5.74, 6) is 0.811. The van der Waals surface area contributed by atoms with E-state index in [-0.39, 0.29) is 0 Å². The molecule has 0 fully saturated rings. The third-order valence-electron chi connectivity index (χ3n) is 1.89. The molecule has 2 aromatic rings. The van der Waals surface area contributed by atoms with Crippen molar-refractivity contribution in [1.29, 1.82) is 0 Å². The first kappa shape index (κ1) is 8.56. The predicted molar refractivity (Wildman–Crippen MR) is 55.0 cm³/mol. The highest BCUT2D eigenvalue weighted by molar-refractivity contribution is 9.10. The van der Waals surface area contributed by atoms with Crippen LogP contribution in [0.15, 0.2) is 22.8 Å². The predicted octanol–water partition coefficient (Wildman–Crippen LogP) is 2.34. The smallest absolute Gasteiger partial charge is 0.135 e. The third kappa shape index (κ3) is 1.42. The Morgan fingerprint density at radius 1 is 1.46 bits per heavy atom. The Balaban J connectivity index is 2.72. The van der Waals surface area contributed by atoms with Crippen molar-refractivity contribution in [2.75, 3.05) is 7.11 Å². The molecular formula is C9H9BrN2O. The van der Waals surface area contributed by atoms with E-state index in [0.29, 0.717) is 0 Å². The lowest BCUT2D eigenvalue weighted by molar-refractivity contribution is 0.412. The number of benzene rings is 1. The first-order chi connectivity index (χ1) is 6.20. The molecule has 0 N–H and O–H groups in total. The number of hydrogen-bond donors (Lipinski definition) is 0. The average molecular weight is 241 g/mol. The van der Waals surface area contributed by atoms with E-state index in [0.717, 1.165) is 21.1 Å². The van der Waals surface area contributed by atoms with Crippen molar-refractivity contribution in [2.24, 2.45) is 7.05 Å². The molecule has 0 aliphatic carbocycles. The summed E-state index contributed by atoms with van der Waals surface area (Å²) in [6.45, 7) is 0. The van der Waals surface area contributed by atoms with Crippen LogP contribution in [0.1, 0.15) is 0 Å². The number of hydrogen-bond acceptors (Lipinski definition) is 2. The molecule has 3 nitrogen and oxygen atoms in total. The topological polar surface area (TPSA) is 27.1 Å². The number of halogens is 1. The third-order valence-corrected chi connectivity index (χ3v) is 2.51. The summed E-state index contributed by atoms with van der Waals surface area (Å²) in [6, 6.07) is 3.92. The Labute approximate surface area is 84.4 Å². The van der Waals surface area contributed by atoms with Crippen molar-refractivity contribution in [3.05, 3.63) is 22.8 Å². The Kier molecular flexibility index (Phi) is 2.00. The van der Waals surface area contributed by atoms with Gasteiger partial charge in [0, 0.05) is 24.7 Å². The zero-order valence-electron chi connectivity index (χ0n) is 7.41. The number of ether oxygens (including phenoxy) is 1. The van der Waals surface area contributed by atoms with Crippen LogP contribution in [0.25, 0.3) is 10.9 Å². The minimum absolute atomic E-state index is 0.811. The Morgan fingerprint density at radius 3 is 2.92 bits per heavy atom. The number of fused-ring (bicyclic) bond motifs is 1. The van der Waals surface area contributed by atoms with Crippen LogP contribution >= 0.6 is 15.9 Å². The van der Waals surface area contributed by atoms with E-state index < -0.39 is 0 Å². The number of aromatic nitrogens is 2. The molecule has 1 heterocycles. The second kappa shape index (κ2) is 3.03. The number of rotatable bonds is 1. The fourth-order valence-corrected chi connectivity index (χ4v) is 1.83. The summed E-state index contributed by atoms with van der Waals surface area (Å²) in [7, 11) is 3.55. The monoisotopic (exact) mass is 240 g/mol. The van der Waals surface area contributed by atoms with E-state index in [1.54, 1.807) is 11.8 Å². The van der Waals surface area contributed by atoms with Gasteiger partial charge in [-0.25, -0.2) is 0 Å². The normalized spacial score (nSPS) is 10.7. The van der Waals surface area contributed by atoms with Crippen LogP contribution in [0.4, 0.5) is 0 Å². The van der Waals surface area contributed by atoms with Gasteiger partial charge in [0.15, 0.2) is 0 Å². The summed E-state index contributed by atoms with van der Waals surface area (Å²) in [5, 5.41) is 5.39. The molecule has 0 unspecified atom stereocenters. The van der Waals surface area contributed by atoms with Crippen LogP contribution < -0.4 is 4.74 Å². The highest BCUT2D eigenvalue weighted by Crippen LogP contribution is 2.29. The van der Waals surface area contributed by atoms with E-state index in [2.05, 4.69) is 21.0 Å². The number of methoxy groups -OCH3 is 1. The summed E-state index contributed by atoms with van der Waals surface area (Å²) >= 11 is 3.42. The van der Waals surface area contributed by atoms with Crippen LogP contribution in [-0.2, 0) is 7.05 Å². The Morgan fingerprint density at radius 2 is 2.23 bits per heavy atom. The van der Waals surface area contributed by atoms with Gasteiger partial charge in [-0.2, -0.15) is 5.10 Å². The van der Waals surface area contributed by atoms with Gasteiger partial charge in [0.25, 0.3) is 0 Å². The molecule has 0 saturated carbocycles. The van der Waals surface area contributed by atoms with E-state index in [1.807, 2.05) is 25.4 Å². The second-order valence-corrected chi connectivity index (χ2v) is 3.70. The molecule has 0 atom stereocenters. The van der Waals surface area contributed by atoms with Crippen molar-refractivity contribution in [3.8, 4) is 5.75 Å². The summed E-state index contributed by atoms with van der Waals surface area (Å²) in [6.07, 6.45) is 1.97. The zero-order valence-corrected chi connectivity index (χ0v) is 9.00. The molecule has 0 saturated heterocycles.